The smallest absolute Gasteiger partial charge is 0.257 e. The van der Waals surface area contributed by atoms with Crippen molar-refractivity contribution in [2.75, 3.05) is 50.7 Å². The van der Waals surface area contributed by atoms with E-state index < -0.39 is 18.3 Å². The van der Waals surface area contributed by atoms with Crippen molar-refractivity contribution in [2.24, 2.45) is 0 Å². The number of hydrogen-bond donors (Lipinski definition) is 2. The summed E-state index contributed by atoms with van der Waals surface area (Å²) in [5.74, 6) is 0.652. The van der Waals surface area contributed by atoms with Crippen LogP contribution in [0.25, 0.3) is 0 Å². The maximum absolute atomic E-state index is 13.4. The summed E-state index contributed by atoms with van der Waals surface area (Å²) in [6, 6.07) is 5.14. The van der Waals surface area contributed by atoms with E-state index in [0.717, 1.165) is 22.5 Å². The molecule has 4 aliphatic heterocycles. The molecule has 0 spiro atoms. The highest BCUT2D eigenvalue weighted by Gasteiger charge is 2.44. The zero-order valence-electron chi connectivity index (χ0n) is 26.5. The van der Waals surface area contributed by atoms with E-state index in [-0.39, 0.29) is 29.0 Å². The molecule has 2 fully saturated rings. The van der Waals surface area contributed by atoms with E-state index in [4.69, 9.17) is 18.9 Å². The largest absolute Gasteiger partial charge is 0.493 e. The van der Waals surface area contributed by atoms with Crippen molar-refractivity contribution in [1.82, 2.24) is 9.80 Å². The molecular formula is C34H38N4O9. The lowest BCUT2D eigenvalue weighted by Gasteiger charge is -2.29. The second-order valence-corrected chi connectivity index (χ2v) is 12.1. The van der Waals surface area contributed by atoms with Crippen molar-refractivity contribution in [1.29, 1.82) is 0 Å². The van der Waals surface area contributed by atoms with Crippen LogP contribution in [0.1, 0.15) is 52.8 Å². The summed E-state index contributed by atoms with van der Waals surface area (Å²) in [5.41, 5.74) is 2.85. The van der Waals surface area contributed by atoms with Crippen molar-refractivity contribution < 1.29 is 43.2 Å². The summed E-state index contributed by atoms with van der Waals surface area (Å²) in [6.07, 6.45) is 2.21. The Labute approximate surface area is 272 Å². The lowest BCUT2D eigenvalue weighted by Crippen LogP contribution is -2.48. The molecule has 2 N–H and O–H groups in total. The van der Waals surface area contributed by atoms with E-state index in [9.17, 15) is 24.3 Å². The van der Waals surface area contributed by atoms with Gasteiger partial charge in [-0.1, -0.05) is 24.3 Å². The molecule has 3 atom stereocenters. The molecule has 13 nitrogen and oxygen atoms in total. The monoisotopic (exact) mass is 646 g/mol. The molecule has 47 heavy (non-hydrogen) atoms. The van der Waals surface area contributed by atoms with Crippen LogP contribution in [0.2, 0.25) is 0 Å². The Kier molecular flexibility index (Phi) is 8.82. The topological polar surface area (TPSA) is 147 Å². The number of aliphatic hydroxyl groups is 1. The lowest BCUT2D eigenvalue weighted by atomic mass is 10.1. The highest BCUT2D eigenvalue weighted by atomic mass is 16.5. The third-order valence-corrected chi connectivity index (χ3v) is 9.00. The van der Waals surface area contributed by atoms with Crippen LogP contribution in [-0.2, 0) is 9.59 Å². The molecule has 2 saturated heterocycles. The van der Waals surface area contributed by atoms with Gasteiger partial charge in [0.1, 0.15) is 6.04 Å². The molecule has 4 aliphatic rings. The molecule has 0 aromatic heterocycles. The summed E-state index contributed by atoms with van der Waals surface area (Å²) < 4.78 is 23.0. The van der Waals surface area contributed by atoms with Gasteiger partial charge in [0, 0.05) is 25.2 Å². The number of anilines is 2. The SMILES string of the molecule is C=C1CC2C(=O)Nc3cc(OCCCCCOc4cc5c(cc4OC)C(=O)N4CC(=C)C[C@H]4[C@H](O)N5C=O)c(OC)cc3C(=O)N2C1. The van der Waals surface area contributed by atoms with Crippen LogP contribution in [0.15, 0.2) is 48.6 Å². The Morgan fingerprint density at radius 1 is 0.830 bits per heavy atom. The van der Waals surface area contributed by atoms with E-state index in [1.54, 1.807) is 18.2 Å². The molecule has 2 aromatic carbocycles. The second kappa shape index (κ2) is 13.0. The first-order valence-electron chi connectivity index (χ1n) is 15.5. The van der Waals surface area contributed by atoms with Crippen LogP contribution in [0.3, 0.4) is 0 Å². The van der Waals surface area contributed by atoms with Crippen molar-refractivity contribution in [3.8, 4) is 23.0 Å². The Morgan fingerprint density at radius 3 is 2.09 bits per heavy atom. The van der Waals surface area contributed by atoms with E-state index >= 15 is 0 Å². The summed E-state index contributed by atoms with van der Waals surface area (Å²) in [7, 11) is 2.96. The number of nitrogens with one attached hydrogen (secondary N) is 1. The minimum absolute atomic E-state index is 0.234. The molecule has 1 unspecified atom stereocenters. The number of unbranched alkanes of at least 4 members (excludes halogenated alkanes) is 2. The van der Waals surface area contributed by atoms with E-state index in [2.05, 4.69) is 18.5 Å². The number of benzene rings is 2. The Hall–Kier alpha value is -5.04. The normalized spacial score (nSPS) is 21.7. The third-order valence-electron chi connectivity index (χ3n) is 9.00. The first-order chi connectivity index (χ1) is 22.6. The number of aliphatic hydroxyl groups excluding tert-OH is 1. The van der Waals surface area contributed by atoms with Crippen LogP contribution in [0.4, 0.5) is 11.4 Å². The fraction of sp³-hybridized carbons (Fsp3) is 0.412. The number of fused-ring (bicyclic) bond motifs is 4. The highest BCUT2D eigenvalue weighted by molar-refractivity contribution is 6.11. The minimum Gasteiger partial charge on any atom is -0.493 e. The summed E-state index contributed by atoms with van der Waals surface area (Å²) in [6.45, 7) is 9.21. The Balaban J connectivity index is 1.06. The predicted octanol–water partition coefficient (Wildman–Crippen LogP) is 3.12. The zero-order valence-corrected chi connectivity index (χ0v) is 26.5. The Morgan fingerprint density at radius 2 is 1.43 bits per heavy atom. The first kappa shape index (κ1) is 31.9. The zero-order chi connectivity index (χ0) is 33.4. The number of amides is 4. The van der Waals surface area contributed by atoms with Gasteiger partial charge in [0.05, 0.1) is 56.0 Å². The van der Waals surface area contributed by atoms with Gasteiger partial charge in [-0.25, -0.2) is 0 Å². The standard InChI is InChI=1S/C34H38N4O9/c1-19-10-25-31(40)35-23-14-29(27(44-3)12-21(23)32(41)36(25)16-19)46-8-6-5-7-9-47-30-15-24-22(13-28(30)45-4)33(42)37-17-20(2)11-26(37)34(43)38(24)18-39/h12-15,18,25-26,34,43H,1-2,5-11,16-17H2,3-4H3,(H,35,40)/t25?,26-,34-/m0/s1. The van der Waals surface area contributed by atoms with Crippen LogP contribution in [-0.4, -0.2) is 97.9 Å². The quantitative estimate of drug-likeness (QED) is 0.214. The average molecular weight is 647 g/mol. The summed E-state index contributed by atoms with van der Waals surface area (Å²) in [4.78, 5) is 55.8. The van der Waals surface area contributed by atoms with Crippen LogP contribution in [0, 0.1) is 0 Å². The van der Waals surface area contributed by atoms with Crippen molar-refractivity contribution in [2.45, 2.75) is 50.4 Å². The van der Waals surface area contributed by atoms with E-state index in [0.29, 0.717) is 92.6 Å². The maximum Gasteiger partial charge on any atom is 0.257 e. The van der Waals surface area contributed by atoms with Crippen molar-refractivity contribution in [3.63, 3.8) is 0 Å². The van der Waals surface area contributed by atoms with Gasteiger partial charge in [-0.15, -0.1) is 0 Å². The first-order valence-corrected chi connectivity index (χ1v) is 15.5. The molecule has 0 radical (unpaired) electrons. The van der Waals surface area contributed by atoms with Crippen LogP contribution < -0.4 is 29.2 Å². The molecule has 0 bridgehead atoms. The number of ether oxygens (including phenoxy) is 4. The second-order valence-electron chi connectivity index (χ2n) is 12.1. The number of hydrogen-bond acceptors (Lipinski definition) is 9. The van der Waals surface area contributed by atoms with Gasteiger partial charge in [0.2, 0.25) is 12.3 Å². The van der Waals surface area contributed by atoms with Crippen LogP contribution in [0.5, 0.6) is 23.0 Å². The molecule has 4 amide bonds. The fourth-order valence-electron chi connectivity index (χ4n) is 6.60. The van der Waals surface area contributed by atoms with Crippen molar-refractivity contribution >= 4 is 35.5 Å². The van der Waals surface area contributed by atoms with Crippen LogP contribution >= 0.6 is 0 Å². The molecule has 0 aliphatic carbocycles. The predicted molar refractivity (Wildman–Crippen MR) is 171 cm³/mol. The number of carbonyl (C=O) groups excluding carboxylic acids is 4. The van der Waals surface area contributed by atoms with Gasteiger partial charge in [-0.05, 0) is 44.2 Å². The maximum atomic E-state index is 13.4. The number of carbonyl (C=O) groups is 4. The molecule has 13 heteroatoms. The molecule has 4 heterocycles. The average Bonchev–Trinajstić information content (AvgIpc) is 3.62. The number of methoxy groups -OCH3 is 2. The molecule has 2 aromatic rings. The van der Waals surface area contributed by atoms with Gasteiger partial charge < -0.3 is 39.2 Å². The van der Waals surface area contributed by atoms with E-state index in [1.807, 2.05) is 0 Å². The van der Waals surface area contributed by atoms with Gasteiger partial charge in [-0.2, -0.15) is 0 Å². The lowest BCUT2D eigenvalue weighted by molar-refractivity contribution is -0.119. The van der Waals surface area contributed by atoms with Crippen molar-refractivity contribution in [3.05, 3.63) is 59.7 Å². The molecule has 0 saturated carbocycles. The molecule has 6 rings (SSSR count). The number of nitrogens with zero attached hydrogens (tertiary/aromatic N) is 3. The highest BCUT2D eigenvalue weighted by Crippen LogP contribution is 2.41. The molecule has 248 valence electrons. The number of rotatable bonds is 11. The molecular weight excluding hydrogens is 608 g/mol. The van der Waals surface area contributed by atoms with E-state index in [1.165, 1.54) is 30.1 Å². The Bertz CT molecular complexity index is 1660. The van der Waals surface area contributed by atoms with Gasteiger partial charge in [0.25, 0.3) is 11.8 Å². The fourth-order valence-corrected chi connectivity index (χ4v) is 6.60. The van der Waals surface area contributed by atoms with Gasteiger partial charge in [0.15, 0.2) is 29.2 Å². The minimum atomic E-state index is -1.23. The summed E-state index contributed by atoms with van der Waals surface area (Å²) >= 11 is 0. The summed E-state index contributed by atoms with van der Waals surface area (Å²) in [5, 5.41) is 13.9. The van der Waals surface area contributed by atoms with Gasteiger partial charge >= 0.3 is 0 Å². The van der Waals surface area contributed by atoms with Gasteiger partial charge in [-0.3, -0.25) is 24.1 Å². The third kappa shape index (κ3) is 5.86.